The summed E-state index contributed by atoms with van der Waals surface area (Å²) in [6.07, 6.45) is 3.94. The molecule has 42 heavy (non-hydrogen) atoms. The van der Waals surface area contributed by atoms with E-state index in [1.807, 2.05) is 19.1 Å². The minimum atomic E-state index is -2.29. The molecule has 13 nitrogen and oxygen atoms in total. The Morgan fingerprint density at radius 1 is 1.00 bits per heavy atom. The summed E-state index contributed by atoms with van der Waals surface area (Å²) in [6.45, 7) is 3.49. The molecule has 0 spiro atoms. The maximum atomic E-state index is 12.3. The molecule has 4 aromatic rings. The van der Waals surface area contributed by atoms with Crippen molar-refractivity contribution in [1.82, 2.24) is 15.0 Å². The van der Waals surface area contributed by atoms with Gasteiger partial charge >= 0.3 is 12.1 Å². The Morgan fingerprint density at radius 3 is 2.38 bits per heavy atom. The molecule has 0 aliphatic carbocycles. The maximum absolute atomic E-state index is 12.3. The van der Waals surface area contributed by atoms with Gasteiger partial charge in [0.1, 0.15) is 5.82 Å². The van der Waals surface area contributed by atoms with Gasteiger partial charge in [-0.25, -0.2) is 18.8 Å². The molecule has 2 aromatic carbocycles. The molecular weight excluding hydrogens is 560 g/mol. The van der Waals surface area contributed by atoms with E-state index in [4.69, 9.17) is 4.74 Å². The van der Waals surface area contributed by atoms with Crippen LogP contribution < -0.4 is 21.3 Å². The van der Waals surface area contributed by atoms with E-state index < -0.39 is 22.7 Å². The lowest BCUT2D eigenvalue weighted by atomic mass is 10.1. The first-order valence-electron chi connectivity index (χ1n) is 12.9. The first-order valence-corrected chi connectivity index (χ1v) is 14.1. The van der Waals surface area contributed by atoms with Crippen molar-refractivity contribution in [2.45, 2.75) is 24.8 Å². The second-order valence-electron chi connectivity index (χ2n) is 8.83. The standard InChI is InChI=1S/C28H30N8O5S/c1-3-41-28(39)36-42(40)23-12-10-20(11-13-23)32-26-30-16-24(25(35-26)31-18(2)17-37)19-6-8-21(9-7-19)33-27(38)34-22-5-4-14-29-15-22/h4-16,18,37,42H,3,17H2,1-2H3,(H2,33,34,38)(H2,30,31,32,35). The van der Waals surface area contributed by atoms with Crippen molar-refractivity contribution in [2.75, 3.05) is 34.5 Å². The molecule has 0 fully saturated rings. The van der Waals surface area contributed by atoms with Crippen LogP contribution in [0.15, 0.2) is 88.5 Å². The zero-order valence-corrected chi connectivity index (χ0v) is 23.7. The number of benzene rings is 2. The molecule has 0 saturated heterocycles. The second-order valence-corrected chi connectivity index (χ2v) is 10.1. The molecule has 14 heteroatoms. The Hall–Kier alpha value is -5.08. The van der Waals surface area contributed by atoms with Crippen LogP contribution in [-0.2, 0) is 15.3 Å². The molecule has 0 bridgehead atoms. The van der Waals surface area contributed by atoms with E-state index in [9.17, 15) is 18.9 Å². The lowest BCUT2D eigenvalue weighted by molar-refractivity contribution is 0.164. The summed E-state index contributed by atoms with van der Waals surface area (Å²) >= 11 is 0. The minimum absolute atomic E-state index is 0.113. The summed E-state index contributed by atoms with van der Waals surface area (Å²) in [6, 6.07) is 16.4. The SMILES string of the molecule is CCOC(=O)N=[SH](=O)c1ccc(Nc2ncc(-c3ccc(NC(=O)Nc4cccnc4)cc3)c(NC(C)CO)n2)cc1. The Kier molecular flexibility index (Phi) is 10.3. The van der Waals surface area contributed by atoms with Crippen molar-refractivity contribution in [1.29, 1.82) is 0 Å². The molecule has 0 radical (unpaired) electrons. The first-order chi connectivity index (χ1) is 20.3. The van der Waals surface area contributed by atoms with Gasteiger partial charge in [-0.15, -0.1) is 4.36 Å². The summed E-state index contributed by atoms with van der Waals surface area (Å²) in [5, 5.41) is 21.4. The van der Waals surface area contributed by atoms with Crippen molar-refractivity contribution in [3.05, 3.63) is 79.3 Å². The van der Waals surface area contributed by atoms with Crippen molar-refractivity contribution >= 4 is 51.5 Å². The molecule has 4 rings (SSSR count). The van der Waals surface area contributed by atoms with Crippen LogP contribution in [0.25, 0.3) is 11.1 Å². The number of pyridine rings is 1. The van der Waals surface area contributed by atoms with E-state index >= 15 is 0 Å². The molecule has 0 aliphatic rings. The van der Waals surface area contributed by atoms with E-state index in [2.05, 4.69) is 40.6 Å². The highest BCUT2D eigenvalue weighted by Crippen LogP contribution is 2.29. The number of nitrogens with one attached hydrogen (secondary N) is 4. The van der Waals surface area contributed by atoms with E-state index in [0.29, 0.717) is 33.3 Å². The number of aliphatic hydroxyl groups excluding tert-OH is 1. The first kappa shape index (κ1) is 29.9. The Bertz CT molecular complexity index is 1600. The van der Waals surface area contributed by atoms with E-state index in [1.165, 1.54) is 0 Å². The van der Waals surface area contributed by atoms with Crippen LogP contribution >= 0.6 is 0 Å². The summed E-state index contributed by atoms with van der Waals surface area (Å²) < 4.78 is 20.5. The number of carbonyl (C=O) groups excluding carboxylic acids is 2. The molecule has 2 unspecified atom stereocenters. The van der Waals surface area contributed by atoms with Crippen LogP contribution in [0.1, 0.15) is 13.8 Å². The largest absolute Gasteiger partial charge is 0.448 e. The predicted molar refractivity (Wildman–Crippen MR) is 161 cm³/mol. The van der Waals surface area contributed by atoms with Gasteiger partial charge in [0.2, 0.25) is 5.95 Å². The molecule has 218 valence electrons. The van der Waals surface area contributed by atoms with Gasteiger partial charge in [-0.1, -0.05) is 12.1 Å². The number of hydrogen-bond donors (Lipinski definition) is 6. The van der Waals surface area contributed by atoms with E-state index in [0.717, 1.165) is 5.56 Å². The van der Waals surface area contributed by atoms with Crippen molar-refractivity contribution in [2.24, 2.45) is 4.36 Å². The third-order valence-corrected chi connectivity index (χ3v) is 6.69. The van der Waals surface area contributed by atoms with Crippen molar-refractivity contribution in [3.63, 3.8) is 0 Å². The fourth-order valence-corrected chi connectivity index (χ4v) is 4.32. The number of rotatable bonds is 10. The fraction of sp³-hybridized carbons (Fsp3) is 0.179. The highest BCUT2D eigenvalue weighted by atomic mass is 32.2. The van der Waals surface area contributed by atoms with Crippen molar-refractivity contribution in [3.8, 4) is 11.1 Å². The normalized spacial score (nSPS) is 12.2. The summed E-state index contributed by atoms with van der Waals surface area (Å²) in [4.78, 5) is 37.1. The topological polar surface area (TPSA) is 180 Å². The summed E-state index contributed by atoms with van der Waals surface area (Å²) in [7, 11) is -2.29. The Balaban J connectivity index is 1.49. The van der Waals surface area contributed by atoms with Crippen LogP contribution in [-0.4, -0.2) is 55.6 Å². The van der Waals surface area contributed by atoms with Gasteiger partial charge in [-0.3, -0.25) is 4.98 Å². The Morgan fingerprint density at radius 2 is 1.71 bits per heavy atom. The van der Waals surface area contributed by atoms with Crippen LogP contribution in [0.2, 0.25) is 0 Å². The fourth-order valence-electron chi connectivity index (χ4n) is 3.59. The zero-order valence-electron chi connectivity index (χ0n) is 22.8. The van der Waals surface area contributed by atoms with Crippen molar-refractivity contribution < 1.29 is 23.6 Å². The molecule has 0 saturated carbocycles. The smallest absolute Gasteiger partial charge is 0.441 e. The third-order valence-electron chi connectivity index (χ3n) is 5.60. The van der Waals surface area contributed by atoms with E-state index in [1.54, 1.807) is 74.0 Å². The van der Waals surface area contributed by atoms with Gasteiger partial charge in [0.15, 0.2) is 0 Å². The number of carbonyl (C=O) groups is 2. The quantitative estimate of drug-likeness (QED) is 0.139. The number of hydrogen-bond acceptors (Lipinski definition) is 10. The van der Waals surface area contributed by atoms with Gasteiger partial charge in [0, 0.05) is 40.3 Å². The summed E-state index contributed by atoms with van der Waals surface area (Å²) in [5.74, 6) is 0.766. The lowest BCUT2D eigenvalue weighted by Crippen LogP contribution is -2.21. The average molecular weight is 591 g/mol. The number of amides is 3. The van der Waals surface area contributed by atoms with Gasteiger partial charge < -0.3 is 31.1 Å². The lowest BCUT2D eigenvalue weighted by Gasteiger charge is -2.17. The zero-order chi connectivity index (χ0) is 29.9. The average Bonchev–Trinajstić information content (AvgIpc) is 2.98. The number of ether oxygens (including phenoxy) is 1. The van der Waals surface area contributed by atoms with E-state index in [-0.39, 0.29) is 25.2 Å². The van der Waals surface area contributed by atoms with Gasteiger partial charge in [0.25, 0.3) is 0 Å². The molecule has 3 amide bonds. The maximum Gasteiger partial charge on any atom is 0.441 e. The number of aromatic nitrogens is 3. The van der Waals surface area contributed by atoms with Crippen LogP contribution in [0.3, 0.4) is 0 Å². The monoisotopic (exact) mass is 590 g/mol. The number of urea groups is 1. The molecule has 2 aromatic heterocycles. The minimum Gasteiger partial charge on any atom is -0.448 e. The van der Waals surface area contributed by atoms with Gasteiger partial charge in [-0.2, -0.15) is 4.98 Å². The predicted octanol–water partition coefficient (Wildman–Crippen LogP) is 4.90. The second kappa shape index (κ2) is 14.5. The highest BCUT2D eigenvalue weighted by Gasteiger charge is 2.13. The molecule has 5 N–H and O–H groups in total. The molecule has 2 atom stereocenters. The van der Waals surface area contributed by atoms with Gasteiger partial charge in [-0.05, 0) is 67.9 Å². The number of anilines is 5. The molecule has 0 aliphatic heterocycles. The molecule has 2 heterocycles. The van der Waals surface area contributed by atoms with Crippen LogP contribution in [0, 0.1) is 0 Å². The highest BCUT2D eigenvalue weighted by molar-refractivity contribution is 7.75. The Labute approximate surface area is 244 Å². The van der Waals surface area contributed by atoms with Gasteiger partial charge in [0.05, 0.1) is 35.7 Å². The summed E-state index contributed by atoms with van der Waals surface area (Å²) in [5.41, 5.74) is 3.23. The third kappa shape index (κ3) is 8.46. The number of aliphatic hydroxyl groups is 1. The van der Waals surface area contributed by atoms with Crippen LogP contribution in [0.5, 0.6) is 0 Å². The molecular formula is C28H30N8O5S. The van der Waals surface area contributed by atoms with Crippen LogP contribution in [0.4, 0.5) is 38.4 Å². The number of nitrogens with zero attached hydrogens (tertiary/aromatic N) is 4. The number of thiol groups is 1.